The molecule has 20 heavy (non-hydrogen) atoms. The summed E-state index contributed by atoms with van der Waals surface area (Å²) in [6, 6.07) is 0. The molecule has 0 aromatic carbocycles. The van der Waals surface area contributed by atoms with Gasteiger partial charge in [0.1, 0.15) is 0 Å². The van der Waals surface area contributed by atoms with Crippen LogP contribution in [0.15, 0.2) is 0 Å². The van der Waals surface area contributed by atoms with E-state index in [0.29, 0.717) is 37.9 Å². The average molecular weight is 304 g/mol. The zero-order chi connectivity index (χ0) is 14.9. The molecule has 0 radical (unpaired) electrons. The van der Waals surface area contributed by atoms with Gasteiger partial charge in [0.25, 0.3) is 10.2 Å². The molecule has 0 N–H and O–H groups in total. The second-order valence-corrected chi connectivity index (χ2v) is 8.07. The Balaban J connectivity index is 2.06. The first-order chi connectivity index (χ1) is 9.34. The van der Waals surface area contributed by atoms with Crippen LogP contribution in [0, 0.1) is 17.8 Å². The van der Waals surface area contributed by atoms with Crippen molar-refractivity contribution in [2.45, 2.75) is 26.7 Å². The number of rotatable bonds is 3. The quantitative estimate of drug-likeness (QED) is 0.720. The summed E-state index contributed by atoms with van der Waals surface area (Å²) in [6.45, 7) is 5.96. The molecular formula is C13H24N2O4S. The van der Waals surface area contributed by atoms with Crippen LogP contribution in [0.1, 0.15) is 26.7 Å². The lowest BCUT2D eigenvalue weighted by atomic mass is 9.94. The zero-order valence-corrected chi connectivity index (χ0v) is 13.2. The van der Waals surface area contributed by atoms with Crippen LogP contribution in [0.3, 0.4) is 0 Å². The molecule has 0 spiro atoms. The smallest absolute Gasteiger partial charge is 0.310 e. The van der Waals surface area contributed by atoms with E-state index in [1.54, 1.807) is 4.31 Å². The molecule has 0 amide bonds. The highest BCUT2D eigenvalue weighted by atomic mass is 32.2. The minimum atomic E-state index is -3.44. The molecule has 116 valence electrons. The molecule has 2 aliphatic rings. The van der Waals surface area contributed by atoms with Gasteiger partial charge in [0.15, 0.2) is 0 Å². The van der Waals surface area contributed by atoms with Gasteiger partial charge in [-0.3, -0.25) is 4.79 Å². The zero-order valence-electron chi connectivity index (χ0n) is 12.4. The Morgan fingerprint density at radius 2 is 1.70 bits per heavy atom. The number of hydrogen-bond donors (Lipinski definition) is 0. The normalized spacial score (nSPS) is 33.2. The molecule has 3 atom stereocenters. The van der Waals surface area contributed by atoms with Crippen molar-refractivity contribution in [1.29, 1.82) is 0 Å². The van der Waals surface area contributed by atoms with E-state index >= 15 is 0 Å². The number of nitrogens with zero attached hydrogens (tertiary/aromatic N) is 2. The molecule has 7 heteroatoms. The Morgan fingerprint density at radius 1 is 1.10 bits per heavy atom. The Kier molecular flexibility index (Phi) is 4.71. The van der Waals surface area contributed by atoms with Crippen molar-refractivity contribution in [2.24, 2.45) is 17.8 Å². The fourth-order valence-corrected chi connectivity index (χ4v) is 5.17. The minimum Gasteiger partial charge on any atom is -0.469 e. The maximum absolute atomic E-state index is 12.6. The average Bonchev–Trinajstić information content (AvgIpc) is 2.86. The molecule has 2 heterocycles. The lowest BCUT2D eigenvalue weighted by molar-refractivity contribution is -0.144. The molecule has 2 saturated heterocycles. The van der Waals surface area contributed by atoms with Gasteiger partial charge in [-0.15, -0.1) is 0 Å². The largest absolute Gasteiger partial charge is 0.469 e. The van der Waals surface area contributed by atoms with Gasteiger partial charge in [0.2, 0.25) is 0 Å². The fraction of sp³-hybridized carbons (Fsp3) is 0.923. The molecule has 2 fully saturated rings. The first-order valence-corrected chi connectivity index (χ1v) is 8.57. The third-order valence-corrected chi connectivity index (χ3v) is 6.11. The standard InChI is InChI=1S/C13H24N2O4S/c1-10-6-11(2)8-15(7-10)20(17,18)14-5-4-12(9-14)13(16)19-3/h10-12H,4-9H2,1-3H3. The van der Waals surface area contributed by atoms with Gasteiger partial charge in [0.05, 0.1) is 13.0 Å². The first-order valence-electron chi connectivity index (χ1n) is 7.17. The third kappa shape index (κ3) is 3.15. The van der Waals surface area contributed by atoms with Crippen molar-refractivity contribution >= 4 is 16.2 Å². The summed E-state index contributed by atoms with van der Waals surface area (Å²) in [6.07, 6.45) is 1.61. The minimum absolute atomic E-state index is 0.244. The second kappa shape index (κ2) is 5.99. The third-order valence-electron chi connectivity index (χ3n) is 4.17. The van der Waals surface area contributed by atoms with E-state index in [4.69, 9.17) is 4.74 Å². The molecule has 0 aromatic rings. The Hall–Kier alpha value is -0.660. The SMILES string of the molecule is COC(=O)C1CCN(S(=O)(=O)N2CC(C)CC(C)C2)C1. The summed E-state index contributed by atoms with van der Waals surface area (Å²) >= 11 is 0. The molecule has 0 saturated carbocycles. The lowest BCUT2D eigenvalue weighted by Crippen LogP contribution is -2.49. The van der Waals surface area contributed by atoms with Gasteiger partial charge in [0, 0.05) is 26.2 Å². The maximum atomic E-state index is 12.6. The monoisotopic (exact) mass is 304 g/mol. The van der Waals surface area contributed by atoms with Crippen molar-refractivity contribution in [1.82, 2.24) is 8.61 Å². The van der Waals surface area contributed by atoms with Crippen molar-refractivity contribution in [3.8, 4) is 0 Å². The molecule has 0 bridgehead atoms. The molecule has 2 rings (SSSR count). The van der Waals surface area contributed by atoms with Gasteiger partial charge in [-0.25, -0.2) is 0 Å². The number of carbonyl (C=O) groups excluding carboxylic acids is 1. The van der Waals surface area contributed by atoms with E-state index in [1.807, 2.05) is 0 Å². The van der Waals surface area contributed by atoms with E-state index in [9.17, 15) is 13.2 Å². The van der Waals surface area contributed by atoms with Gasteiger partial charge in [-0.2, -0.15) is 17.0 Å². The highest BCUT2D eigenvalue weighted by Gasteiger charge is 2.40. The summed E-state index contributed by atoms with van der Waals surface area (Å²) in [5.74, 6) is 0.123. The summed E-state index contributed by atoms with van der Waals surface area (Å²) in [4.78, 5) is 11.5. The van der Waals surface area contributed by atoms with Crippen LogP contribution in [-0.4, -0.2) is 56.3 Å². The first kappa shape index (κ1) is 15.7. The number of piperidine rings is 1. The fourth-order valence-electron chi connectivity index (χ4n) is 3.25. The molecule has 6 nitrogen and oxygen atoms in total. The van der Waals surface area contributed by atoms with Crippen LogP contribution in [0.5, 0.6) is 0 Å². The number of methoxy groups -OCH3 is 1. The van der Waals surface area contributed by atoms with E-state index < -0.39 is 10.2 Å². The summed E-state index contributed by atoms with van der Waals surface area (Å²) in [5.41, 5.74) is 0. The topological polar surface area (TPSA) is 66.9 Å². The number of hydrogen-bond acceptors (Lipinski definition) is 4. The molecule has 2 aliphatic heterocycles. The predicted octanol–water partition coefficient (Wildman–Crippen LogP) is 0.704. The van der Waals surface area contributed by atoms with Crippen LogP contribution < -0.4 is 0 Å². The van der Waals surface area contributed by atoms with Crippen molar-refractivity contribution in [2.75, 3.05) is 33.3 Å². The van der Waals surface area contributed by atoms with Crippen LogP contribution >= 0.6 is 0 Å². The summed E-state index contributed by atoms with van der Waals surface area (Å²) in [5, 5.41) is 0. The maximum Gasteiger partial charge on any atom is 0.310 e. The van der Waals surface area contributed by atoms with E-state index in [-0.39, 0.29) is 18.4 Å². The van der Waals surface area contributed by atoms with Crippen LogP contribution in [0.4, 0.5) is 0 Å². The van der Waals surface area contributed by atoms with Crippen LogP contribution in [0.2, 0.25) is 0 Å². The summed E-state index contributed by atoms with van der Waals surface area (Å²) in [7, 11) is -2.10. The van der Waals surface area contributed by atoms with Crippen LogP contribution in [0.25, 0.3) is 0 Å². The molecule has 3 unspecified atom stereocenters. The highest BCUT2D eigenvalue weighted by molar-refractivity contribution is 7.86. The van der Waals surface area contributed by atoms with E-state index in [2.05, 4.69) is 13.8 Å². The van der Waals surface area contributed by atoms with Gasteiger partial charge in [-0.05, 0) is 24.7 Å². The van der Waals surface area contributed by atoms with Crippen molar-refractivity contribution in [3.63, 3.8) is 0 Å². The van der Waals surface area contributed by atoms with Gasteiger partial charge >= 0.3 is 5.97 Å². The highest BCUT2D eigenvalue weighted by Crippen LogP contribution is 2.28. The number of carbonyl (C=O) groups is 1. The van der Waals surface area contributed by atoms with Crippen LogP contribution in [-0.2, 0) is 19.7 Å². The number of ether oxygens (including phenoxy) is 1. The van der Waals surface area contributed by atoms with Gasteiger partial charge < -0.3 is 4.74 Å². The van der Waals surface area contributed by atoms with Gasteiger partial charge in [-0.1, -0.05) is 13.8 Å². The van der Waals surface area contributed by atoms with E-state index in [1.165, 1.54) is 11.4 Å². The van der Waals surface area contributed by atoms with E-state index in [0.717, 1.165) is 6.42 Å². The number of esters is 1. The predicted molar refractivity (Wildman–Crippen MR) is 75.1 cm³/mol. The molecule has 0 aliphatic carbocycles. The van der Waals surface area contributed by atoms with Crippen molar-refractivity contribution < 1.29 is 17.9 Å². The Labute approximate surface area is 121 Å². The molecule has 0 aromatic heterocycles. The Bertz CT molecular complexity index is 455. The lowest BCUT2D eigenvalue weighted by Gasteiger charge is -2.36. The Morgan fingerprint density at radius 3 is 2.25 bits per heavy atom. The molecular weight excluding hydrogens is 280 g/mol. The summed E-state index contributed by atoms with van der Waals surface area (Å²) < 4.78 is 33.0. The van der Waals surface area contributed by atoms with Crippen molar-refractivity contribution in [3.05, 3.63) is 0 Å². The second-order valence-electron chi connectivity index (χ2n) is 6.14.